The maximum absolute atomic E-state index is 13.0. The molecule has 6 nitrogen and oxygen atoms in total. The zero-order chi connectivity index (χ0) is 19.9. The van der Waals surface area contributed by atoms with E-state index in [2.05, 4.69) is 21.2 Å². The van der Waals surface area contributed by atoms with Gasteiger partial charge in [-0.1, -0.05) is 18.2 Å². The van der Waals surface area contributed by atoms with Crippen molar-refractivity contribution >= 4 is 46.0 Å². The van der Waals surface area contributed by atoms with Crippen LogP contribution in [0.25, 0.3) is 10.9 Å². The van der Waals surface area contributed by atoms with Crippen LogP contribution >= 0.6 is 12.2 Å². The molecular weight excluding hydrogens is 377 g/mol. The lowest BCUT2D eigenvalue weighted by atomic mass is 10.2. The number of benzene rings is 2. The number of nitrogens with zero attached hydrogens (tertiary/aromatic N) is 2. The molecule has 0 saturated carbocycles. The summed E-state index contributed by atoms with van der Waals surface area (Å²) in [7, 11) is 0. The fourth-order valence-electron chi connectivity index (χ4n) is 2.76. The van der Waals surface area contributed by atoms with E-state index in [1.54, 1.807) is 6.21 Å². The molecule has 1 heterocycles. The number of aromatic nitrogens is 1. The Balaban J connectivity index is 1.76. The maximum Gasteiger partial charge on any atom is 0.244 e. The molecule has 2 aromatic carbocycles. The summed E-state index contributed by atoms with van der Waals surface area (Å²) in [4.78, 5) is 12.4. The van der Waals surface area contributed by atoms with E-state index in [4.69, 9.17) is 12.2 Å². The summed E-state index contributed by atoms with van der Waals surface area (Å²) in [5.41, 5.74) is 5.07. The second-order valence-electron chi connectivity index (χ2n) is 6.01. The number of rotatable bonds is 6. The van der Waals surface area contributed by atoms with Gasteiger partial charge >= 0.3 is 0 Å². The topological polar surface area (TPSA) is 70.5 Å². The van der Waals surface area contributed by atoms with Gasteiger partial charge in [-0.05, 0) is 49.5 Å². The minimum Gasteiger partial charge on any atom is -0.362 e. The van der Waals surface area contributed by atoms with Crippen molar-refractivity contribution in [3.63, 3.8) is 0 Å². The van der Waals surface area contributed by atoms with E-state index in [0.29, 0.717) is 17.3 Å². The number of thiocarbonyl (C=S) groups is 1. The Kier molecular flexibility index (Phi) is 6.33. The van der Waals surface area contributed by atoms with Gasteiger partial charge in [0.1, 0.15) is 12.4 Å². The van der Waals surface area contributed by atoms with E-state index in [0.717, 1.165) is 16.5 Å². The molecule has 28 heavy (non-hydrogen) atoms. The predicted octanol–water partition coefficient (Wildman–Crippen LogP) is 3.24. The highest BCUT2D eigenvalue weighted by atomic mass is 32.1. The summed E-state index contributed by atoms with van der Waals surface area (Å²) < 4.78 is 14.8. The molecule has 0 spiro atoms. The van der Waals surface area contributed by atoms with Crippen LogP contribution in [0.4, 0.5) is 10.1 Å². The van der Waals surface area contributed by atoms with Crippen molar-refractivity contribution in [3.8, 4) is 0 Å². The number of hydrazone groups is 1. The molecule has 0 atom stereocenters. The van der Waals surface area contributed by atoms with Crippen LogP contribution in [0.1, 0.15) is 12.5 Å². The summed E-state index contributed by atoms with van der Waals surface area (Å²) >= 11 is 5.08. The highest BCUT2D eigenvalue weighted by Crippen LogP contribution is 2.20. The third-order valence-corrected chi connectivity index (χ3v) is 4.20. The zero-order valence-electron chi connectivity index (χ0n) is 15.3. The van der Waals surface area contributed by atoms with Crippen LogP contribution in [-0.2, 0) is 11.3 Å². The number of para-hydroxylation sites is 1. The average molecular weight is 397 g/mol. The third-order valence-electron chi connectivity index (χ3n) is 3.97. The van der Waals surface area contributed by atoms with Gasteiger partial charge in [0, 0.05) is 34.9 Å². The number of amides is 1. The summed E-state index contributed by atoms with van der Waals surface area (Å²) in [5, 5.41) is 11.3. The van der Waals surface area contributed by atoms with Gasteiger partial charge in [0.15, 0.2) is 5.11 Å². The monoisotopic (exact) mass is 397 g/mol. The molecular formula is C20H20FN5OS. The first-order chi connectivity index (χ1) is 13.6. The Morgan fingerprint density at radius 1 is 1.21 bits per heavy atom. The van der Waals surface area contributed by atoms with Gasteiger partial charge < -0.3 is 15.2 Å². The molecule has 8 heteroatoms. The van der Waals surface area contributed by atoms with Crippen molar-refractivity contribution in [2.24, 2.45) is 5.10 Å². The number of carbonyl (C=O) groups excluding carboxylic acids is 1. The van der Waals surface area contributed by atoms with Crippen LogP contribution in [0, 0.1) is 5.82 Å². The first-order valence-electron chi connectivity index (χ1n) is 8.77. The van der Waals surface area contributed by atoms with Crippen LogP contribution in [-0.4, -0.2) is 28.3 Å². The molecule has 0 aliphatic heterocycles. The van der Waals surface area contributed by atoms with Gasteiger partial charge in [-0.25, -0.2) is 4.39 Å². The summed E-state index contributed by atoms with van der Waals surface area (Å²) in [6.45, 7) is 2.78. The van der Waals surface area contributed by atoms with E-state index in [-0.39, 0.29) is 18.3 Å². The highest BCUT2D eigenvalue weighted by molar-refractivity contribution is 7.80. The minimum atomic E-state index is -0.347. The van der Waals surface area contributed by atoms with Crippen molar-refractivity contribution in [3.05, 3.63) is 66.1 Å². The van der Waals surface area contributed by atoms with Crippen LogP contribution < -0.4 is 16.1 Å². The highest BCUT2D eigenvalue weighted by Gasteiger charge is 2.10. The first-order valence-corrected chi connectivity index (χ1v) is 9.18. The van der Waals surface area contributed by atoms with Crippen LogP contribution in [0.15, 0.2) is 59.8 Å². The summed E-state index contributed by atoms with van der Waals surface area (Å²) in [5.74, 6) is -0.553. The molecule has 0 fully saturated rings. The number of anilines is 1. The van der Waals surface area contributed by atoms with Gasteiger partial charge in [-0.15, -0.1) is 0 Å². The van der Waals surface area contributed by atoms with Crippen LogP contribution in [0.3, 0.4) is 0 Å². The molecule has 3 rings (SSSR count). The maximum atomic E-state index is 13.0. The van der Waals surface area contributed by atoms with Crippen molar-refractivity contribution in [2.75, 3.05) is 11.9 Å². The van der Waals surface area contributed by atoms with Crippen LogP contribution in [0.2, 0.25) is 0 Å². The Labute approximate surface area is 167 Å². The zero-order valence-corrected chi connectivity index (χ0v) is 16.1. The Morgan fingerprint density at radius 2 is 1.96 bits per heavy atom. The van der Waals surface area contributed by atoms with Crippen molar-refractivity contribution < 1.29 is 9.18 Å². The Bertz CT molecular complexity index is 1010. The van der Waals surface area contributed by atoms with E-state index in [1.807, 2.05) is 42.0 Å². The van der Waals surface area contributed by atoms with E-state index in [9.17, 15) is 9.18 Å². The minimum absolute atomic E-state index is 0.120. The second-order valence-corrected chi connectivity index (χ2v) is 6.42. The predicted molar refractivity (Wildman–Crippen MR) is 114 cm³/mol. The number of halogens is 1. The summed E-state index contributed by atoms with van der Waals surface area (Å²) in [6.07, 6.45) is 3.52. The molecule has 0 saturated heterocycles. The van der Waals surface area contributed by atoms with Gasteiger partial charge in [-0.3, -0.25) is 10.2 Å². The second kappa shape index (κ2) is 9.09. The number of hydrogen-bond donors (Lipinski definition) is 3. The molecule has 0 bridgehead atoms. The quantitative estimate of drug-likeness (QED) is 0.339. The average Bonchev–Trinajstić information content (AvgIpc) is 3.02. The Hall–Kier alpha value is -3.26. The Morgan fingerprint density at radius 3 is 2.71 bits per heavy atom. The number of nitrogens with one attached hydrogen (secondary N) is 3. The van der Waals surface area contributed by atoms with Crippen molar-refractivity contribution in [1.82, 2.24) is 15.3 Å². The van der Waals surface area contributed by atoms with E-state index >= 15 is 0 Å². The molecule has 0 radical (unpaired) electrons. The largest absolute Gasteiger partial charge is 0.362 e. The van der Waals surface area contributed by atoms with E-state index < -0.39 is 0 Å². The molecule has 1 aromatic heterocycles. The van der Waals surface area contributed by atoms with Crippen LogP contribution in [0.5, 0.6) is 0 Å². The number of fused-ring (bicyclic) bond motifs is 1. The lowest BCUT2D eigenvalue weighted by molar-refractivity contribution is -0.116. The molecule has 1 amide bonds. The fourth-order valence-corrected chi connectivity index (χ4v) is 2.95. The van der Waals surface area contributed by atoms with Crippen molar-refractivity contribution in [2.45, 2.75) is 13.5 Å². The van der Waals surface area contributed by atoms with Gasteiger partial charge in [0.2, 0.25) is 5.91 Å². The SMILES string of the molecule is CCNC(=S)NN=Cc1cn(CC(=O)Nc2ccc(F)cc2)c2ccccc12. The normalized spacial score (nSPS) is 10.9. The van der Waals surface area contributed by atoms with Gasteiger partial charge in [-0.2, -0.15) is 5.10 Å². The molecule has 0 unspecified atom stereocenters. The number of carbonyl (C=O) groups is 1. The third kappa shape index (κ3) is 4.92. The fraction of sp³-hybridized carbons (Fsp3) is 0.150. The number of hydrogen-bond acceptors (Lipinski definition) is 3. The summed E-state index contributed by atoms with van der Waals surface area (Å²) in [6, 6.07) is 13.4. The molecule has 0 aliphatic rings. The van der Waals surface area contributed by atoms with Crippen molar-refractivity contribution in [1.29, 1.82) is 0 Å². The molecule has 3 N–H and O–H groups in total. The van der Waals surface area contributed by atoms with Gasteiger partial charge in [0.25, 0.3) is 0 Å². The van der Waals surface area contributed by atoms with E-state index in [1.165, 1.54) is 24.3 Å². The first kappa shape index (κ1) is 19.5. The lowest BCUT2D eigenvalue weighted by Gasteiger charge is -2.07. The molecule has 0 aliphatic carbocycles. The van der Waals surface area contributed by atoms with Gasteiger partial charge in [0.05, 0.1) is 6.21 Å². The standard InChI is InChI=1S/C20H20FN5OS/c1-2-22-20(28)25-23-11-14-12-26(18-6-4-3-5-17(14)18)13-19(27)24-16-9-7-15(21)8-10-16/h3-12H,2,13H2,1H3,(H,24,27)(H2,22,25,28). The molecule has 144 valence electrons. The molecule has 3 aromatic rings. The smallest absolute Gasteiger partial charge is 0.244 e. The lowest BCUT2D eigenvalue weighted by Crippen LogP contribution is -2.31.